The molecule has 0 aliphatic heterocycles. The van der Waals surface area contributed by atoms with E-state index in [9.17, 15) is 0 Å². The van der Waals surface area contributed by atoms with Gasteiger partial charge in [0, 0.05) is 16.6 Å². The van der Waals surface area contributed by atoms with Crippen LogP contribution in [0, 0.1) is 0 Å². The van der Waals surface area contributed by atoms with Gasteiger partial charge in [-0.15, -0.1) is 0 Å². The first-order valence-corrected chi connectivity index (χ1v) is 4.70. The molecule has 2 aromatic rings. The fourth-order valence-electron chi connectivity index (χ4n) is 1.14. The Morgan fingerprint density at radius 1 is 1.15 bits per heavy atom. The molecule has 0 amide bonds. The van der Waals surface area contributed by atoms with E-state index in [-0.39, 0.29) is 12.4 Å². The van der Waals surface area contributed by atoms with Gasteiger partial charge in [-0.2, -0.15) is 4.98 Å². The lowest BCUT2D eigenvalue weighted by Crippen LogP contribution is -3.00. The summed E-state index contributed by atoms with van der Waals surface area (Å²) in [6.45, 7) is 0. The Kier molecular flexibility index (Phi) is 3.54. The smallest absolute Gasteiger partial charge is 0.273 e. The molecule has 0 saturated heterocycles. The Labute approximate surface area is 95.7 Å². The van der Waals surface area contributed by atoms with Gasteiger partial charge in [-0.05, 0) is 39.7 Å². The summed E-state index contributed by atoms with van der Waals surface area (Å²) < 4.78 is 1.08. The van der Waals surface area contributed by atoms with E-state index in [0.29, 0.717) is 5.15 Å². The number of rotatable bonds is 0. The van der Waals surface area contributed by atoms with Gasteiger partial charge in [0.25, 0.3) is 5.15 Å². The molecule has 0 saturated carbocycles. The van der Waals surface area contributed by atoms with E-state index < -0.39 is 0 Å². The van der Waals surface area contributed by atoms with Gasteiger partial charge in [-0.1, -0.05) is 6.07 Å². The Balaban J connectivity index is 0.000000845. The Morgan fingerprint density at radius 2 is 1.92 bits per heavy atom. The second-order valence-electron chi connectivity index (χ2n) is 2.51. The fourth-order valence-corrected chi connectivity index (χ4v) is 1.81. The van der Waals surface area contributed by atoms with E-state index in [4.69, 9.17) is 11.6 Å². The summed E-state index contributed by atoms with van der Waals surface area (Å²) in [5, 5.41) is 1.79. The minimum absolute atomic E-state index is 0. The van der Waals surface area contributed by atoms with E-state index in [0.717, 1.165) is 15.4 Å². The van der Waals surface area contributed by atoms with E-state index in [1.54, 1.807) is 0 Å². The highest BCUT2D eigenvalue weighted by Crippen LogP contribution is 2.21. The van der Waals surface area contributed by atoms with Crippen LogP contribution in [0.5, 0.6) is 0 Å². The lowest BCUT2D eigenvalue weighted by atomic mass is 10.2. The normalized spacial score (nSPS) is 9.69. The number of hydrogen-bond acceptors (Lipinski definition) is 0. The first-order valence-electron chi connectivity index (χ1n) is 3.53. The van der Waals surface area contributed by atoms with Crippen LogP contribution in [-0.4, -0.2) is 0 Å². The third-order valence-electron chi connectivity index (χ3n) is 1.70. The number of benzene rings is 1. The van der Waals surface area contributed by atoms with Gasteiger partial charge in [0.05, 0.1) is 5.39 Å². The minimum Gasteiger partial charge on any atom is -1.00 e. The molecule has 1 aromatic heterocycles. The van der Waals surface area contributed by atoms with Crippen molar-refractivity contribution in [3.63, 3.8) is 0 Å². The quantitative estimate of drug-likeness (QED) is 0.606. The number of halogens is 3. The van der Waals surface area contributed by atoms with Gasteiger partial charge in [0.15, 0.2) is 0 Å². The molecule has 0 aliphatic carbocycles. The highest BCUT2D eigenvalue weighted by Gasteiger charge is 2.04. The zero-order valence-electron chi connectivity index (χ0n) is 6.52. The summed E-state index contributed by atoms with van der Waals surface area (Å²) in [7, 11) is 0. The van der Waals surface area contributed by atoms with Gasteiger partial charge in [0.1, 0.15) is 0 Å². The molecule has 1 aromatic carbocycles. The zero-order valence-corrected chi connectivity index (χ0v) is 9.62. The van der Waals surface area contributed by atoms with Gasteiger partial charge in [0.2, 0.25) is 5.52 Å². The molecule has 1 heterocycles. The average molecular weight is 279 g/mol. The zero-order chi connectivity index (χ0) is 8.55. The SMILES string of the molecule is Clc1ccc2c(Br)cccc2[nH+]1.[Cl-]. The number of aromatic amines is 1. The van der Waals surface area contributed by atoms with Gasteiger partial charge in [-0.3, -0.25) is 0 Å². The second kappa shape index (κ2) is 4.27. The van der Waals surface area contributed by atoms with Crippen LogP contribution in [0.1, 0.15) is 0 Å². The maximum absolute atomic E-state index is 5.80. The molecular weight excluding hydrogens is 273 g/mol. The van der Waals surface area contributed by atoms with Crippen molar-refractivity contribution in [2.24, 2.45) is 0 Å². The van der Waals surface area contributed by atoms with E-state index in [2.05, 4.69) is 20.9 Å². The molecule has 1 nitrogen and oxygen atoms in total. The molecule has 1 N–H and O–H groups in total. The van der Waals surface area contributed by atoms with Crippen molar-refractivity contribution in [1.82, 2.24) is 0 Å². The number of fused-ring (bicyclic) bond motifs is 1. The van der Waals surface area contributed by atoms with Crippen LogP contribution < -0.4 is 17.4 Å². The molecule has 0 unspecified atom stereocenters. The van der Waals surface area contributed by atoms with Crippen molar-refractivity contribution in [2.45, 2.75) is 0 Å². The number of aromatic nitrogens is 1. The standard InChI is InChI=1S/C9H5BrClN.ClH/c10-7-2-1-3-8-6(7)4-5-9(11)12-8;/h1-5H;1H. The summed E-state index contributed by atoms with van der Waals surface area (Å²) in [5.74, 6) is 0. The van der Waals surface area contributed by atoms with Crippen molar-refractivity contribution in [2.75, 3.05) is 0 Å². The highest BCUT2D eigenvalue weighted by molar-refractivity contribution is 9.10. The molecule has 0 fully saturated rings. The minimum atomic E-state index is 0. The lowest BCUT2D eigenvalue weighted by Gasteiger charge is -1.93. The van der Waals surface area contributed by atoms with Crippen LogP contribution in [0.15, 0.2) is 34.8 Å². The van der Waals surface area contributed by atoms with Crippen LogP contribution >= 0.6 is 27.5 Å². The van der Waals surface area contributed by atoms with E-state index in [1.807, 2.05) is 30.3 Å². The van der Waals surface area contributed by atoms with Crippen LogP contribution in [0.25, 0.3) is 10.9 Å². The largest absolute Gasteiger partial charge is 1.00 e. The van der Waals surface area contributed by atoms with Crippen molar-refractivity contribution >= 4 is 38.4 Å². The third kappa shape index (κ3) is 2.13. The van der Waals surface area contributed by atoms with Crippen molar-refractivity contribution in [1.29, 1.82) is 0 Å². The van der Waals surface area contributed by atoms with Gasteiger partial charge < -0.3 is 12.4 Å². The Morgan fingerprint density at radius 3 is 2.69 bits per heavy atom. The van der Waals surface area contributed by atoms with Crippen LogP contribution in [-0.2, 0) is 0 Å². The van der Waals surface area contributed by atoms with Gasteiger partial charge >= 0.3 is 0 Å². The monoisotopic (exact) mass is 277 g/mol. The highest BCUT2D eigenvalue weighted by atomic mass is 79.9. The van der Waals surface area contributed by atoms with Crippen LogP contribution in [0.4, 0.5) is 0 Å². The average Bonchev–Trinajstić information content (AvgIpc) is 2.04. The lowest BCUT2D eigenvalue weighted by molar-refractivity contribution is -0.342. The van der Waals surface area contributed by atoms with Crippen LogP contribution in [0.2, 0.25) is 5.15 Å². The topological polar surface area (TPSA) is 14.1 Å². The molecule has 2 rings (SSSR count). The molecule has 68 valence electrons. The maximum Gasteiger partial charge on any atom is 0.273 e. The molecule has 0 spiro atoms. The maximum atomic E-state index is 5.80. The summed E-state index contributed by atoms with van der Waals surface area (Å²) in [6, 6.07) is 9.79. The van der Waals surface area contributed by atoms with Crippen molar-refractivity contribution in [3.8, 4) is 0 Å². The van der Waals surface area contributed by atoms with E-state index in [1.165, 1.54) is 0 Å². The molecule has 0 atom stereocenters. The second-order valence-corrected chi connectivity index (χ2v) is 3.77. The molecule has 0 radical (unpaired) electrons. The molecule has 0 aliphatic rings. The fraction of sp³-hybridized carbons (Fsp3) is 0. The van der Waals surface area contributed by atoms with Crippen molar-refractivity contribution < 1.29 is 17.4 Å². The summed E-state index contributed by atoms with van der Waals surface area (Å²) in [6.07, 6.45) is 0. The predicted octanol–water partition coefficient (Wildman–Crippen LogP) is 0.0738. The summed E-state index contributed by atoms with van der Waals surface area (Å²) in [5.41, 5.74) is 1.04. The number of nitrogens with one attached hydrogen (secondary N) is 1. The molecule has 0 bridgehead atoms. The Bertz CT molecular complexity index is 431. The molecule has 4 heteroatoms. The molecular formula is C9H6BrCl2N. The Hall–Kier alpha value is -0.310. The number of hydrogen-bond donors (Lipinski definition) is 0. The number of pyridine rings is 1. The first kappa shape index (κ1) is 10.8. The van der Waals surface area contributed by atoms with Gasteiger partial charge in [-0.25, -0.2) is 0 Å². The third-order valence-corrected chi connectivity index (χ3v) is 2.62. The summed E-state index contributed by atoms with van der Waals surface area (Å²) >= 11 is 9.26. The predicted molar refractivity (Wildman–Crippen MR) is 53.2 cm³/mol. The van der Waals surface area contributed by atoms with Crippen molar-refractivity contribution in [3.05, 3.63) is 40.0 Å². The number of H-pyrrole nitrogens is 1. The molecule has 13 heavy (non-hydrogen) atoms. The first-order chi connectivity index (χ1) is 5.77. The summed E-state index contributed by atoms with van der Waals surface area (Å²) in [4.78, 5) is 3.07. The van der Waals surface area contributed by atoms with E-state index >= 15 is 0 Å². The van der Waals surface area contributed by atoms with Crippen LogP contribution in [0.3, 0.4) is 0 Å².